The fourth-order valence-corrected chi connectivity index (χ4v) is 6.06. The van der Waals surface area contributed by atoms with Crippen LogP contribution < -0.4 is 5.73 Å². The predicted octanol–water partition coefficient (Wildman–Crippen LogP) is 3.13. The van der Waals surface area contributed by atoms with E-state index in [-0.39, 0.29) is 42.3 Å². The van der Waals surface area contributed by atoms with Gasteiger partial charge in [0, 0.05) is 31.5 Å². The zero-order chi connectivity index (χ0) is 23.6. The number of rotatable bonds is 9. The highest BCUT2D eigenvalue weighted by atomic mass is 16.2. The molecule has 180 valence electrons. The summed E-state index contributed by atoms with van der Waals surface area (Å²) in [5, 5.41) is 0. The number of urea groups is 1. The summed E-state index contributed by atoms with van der Waals surface area (Å²) in [7, 11) is 4.31. The van der Waals surface area contributed by atoms with Gasteiger partial charge in [0.2, 0.25) is 5.91 Å². The summed E-state index contributed by atoms with van der Waals surface area (Å²) in [6.45, 7) is 1.47. The molecule has 1 saturated heterocycles. The molecule has 7 nitrogen and oxygen atoms in total. The summed E-state index contributed by atoms with van der Waals surface area (Å²) >= 11 is 0. The third-order valence-corrected chi connectivity index (χ3v) is 8.42. The van der Waals surface area contributed by atoms with E-state index in [0.29, 0.717) is 12.5 Å². The second-order valence-corrected chi connectivity index (χ2v) is 10.6. The lowest BCUT2D eigenvalue weighted by molar-refractivity contribution is -0.124. The normalized spacial score (nSPS) is 27.9. The fraction of sp³-hybridized carbons (Fsp3) is 0.654. The van der Waals surface area contributed by atoms with Crippen LogP contribution in [0.1, 0.15) is 63.4 Å². The largest absolute Gasteiger partial charge is 0.370 e. The Morgan fingerprint density at radius 1 is 1.06 bits per heavy atom. The third-order valence-electron chi connectivity index (χ3n) is 8.42. The van der Waals surface area contributed by atoms with Gasteiger partial charge in [0.1, 0.15) is 0 Å². The maximum atomic E-state index is 13.5. The summed E-state index contributed by atoms with van der Waals surface area (Å²) < 4.78 is 0. The van der Waals surface area contributed by atoms with Crippen molar-refractivity contribution in [3.8, 4) is 0 Å². The van der Waals surface area contributed by atoms with Crippen molar-refractivity contribution < 1.29 is 14.4 Å². The van der Waals surface area contributed by atoms with Gasteiger partial charge in [0.25, 0.3) is 0 Å². The minimum absolute atomic E-state index is 0.00797. The average molecular weight is 455 g/mol. The molecule has 3 fully saturated rings. The van der Waals surface area contributed by atoms with Crippen molar-refractivity contribution in [3.63, 3.8) is 0 Å². The number of amides is 3. The van der Waals surface area contributed by atoms with Crippen LogP contribution in [-0.4, -0.2) is 71.7 Å². The van der Waals surface area contributed by atoms with Crippen molar-refractivity contribution >= 4 is 17.7 Å². The Bertz CT molecular complexity index is 873. The van der Waals surface area contributed by atoms with Crippen LogP contribution >= 0.6 is 0 Å². The molecule has 4 rings (SSSR count). The lowest BCUT2D eigenvalue weighted by Gasteiger charge is -2.51. The smallest absolute Gasteiger partial charge is 0.321 e. The van der Waals surface area contributed by atoms with Crippen molar-refractivity contribution in [1.82, 2.24) is 14.7 Å². The number of Topliss-reactive ketones (excluding diaryl/α,β-unsaturated/α-hetero) is 1. The number of carbonyl (C=O) groups is 3. The first-order chi connectivity index (χ1) is 15.8. The van der Waals surface area contributed by atoms with E-state index in [0.717, 1.165) is 32.2 Å². The summed E-state index contributed by atoms with van der Waals surface area (Å²) in [5.74, 6) is 0.00363. The molecule has 2 N–H and O–H groups in total. The molecule has 1 heterocycles. The first-order valence-corrected chi connectivity index (χ1v) is 12.4. The van der Waals surface area contributed by atoms with Crippen molar-refractivity contribution in [3.05, 3.63) is 35.9 Å². The van der Waals surface area contributed by atoms with Gasteiger partial charge in [0.05, 0.1) is 12.1 Å². The molecular formula is C26H38N4O3. The molecule has 2 aliphatic carbocycles. The van der Waals surface area contributed by atoms with E-state index in [2.05, 4.69) is 54.2 Å². The first-order valence-electron chi connectivity index (χ1n) is 12.4. The van der Waals surface area contributed by atoms with Crippen LogP contribution in [0.4, 0.5) is 4.79 Å². The predicted molar refractivity (Wildman–Crippen MR) is 127 cm³/mol. The molecule has 0 bridgehead atoms. The van der Waals surface area contributed by atoms with E-state index in [9.17, 15) is 14.4 Å². The van der Waals surface area contributed by atoms with E-state index in [4.69, 9.17) is 5.73 Å². The Kier molecular flexibility index (Phi) is 6.80. The van der Waals surface area contributed by atoms with Crippen LogP contribution in [0, 0.1) is 5.92 Å². The van der Waals surface area contributed by atoms with Crippen LogP contribution in [0.15, 0.2) is 30.3 Å². The zero-order valence-corrected chi connectivity index (χ0v) is 20.1. The maximum absolute atomic E-state index is 13.5. The molecule has 1 aliphatic heterocycles. The number of hydrogen-bond acceptors (Lipinski definition) is 4. The first kappa shape index (κ1) is 23.7. The van der Waals surface area contributed by atoms with Crippen LogP contribution in [0.5, 0.6) is 0 Å². The highest BCUT2D eigenvalue weighted by Crippen LogP contribution is 2.49. The molecule has 0 radical (unpaired) electrons. The molecule has 1 aromatic rings. The van der Waals surface area contributed by atoms with E-state index in [1.165, 1.54) is 24.8 Å². The lowest BCUT2D eigenvalue weighted by Crippen LogP contribution is -2.56. The lowest BCUT2D eigenvalue weighted by atomic mass is 9.68. The Morgan fingerprint density at radius 3 is 2.27 bits per heavy atom. The van der Waals surface area contributed by atoms with Gasteiger partial charge in [-0.25, -0.2) is 4.79 Å². The Labute approximate surface area is 197 Å². The quantitative estimate of drug-likeness (QED) is 0.621. The van der Waals surface area contributed by atoms with Crippen LogP contribution in [0.3, 0.4) is 0 Å². The van der Waals surface area contributed by atoms with Gasteiger partial charge in [-0.15, -0.1) is 0 Å². The number of nitrogens with zero attached hydrogens (tertiary/aromatic N) is 3. The van der Waals surface area contributed by atoms with Gasteiger partial charge in [-0.3, -0.25) is 14.5 Å². The summed E-state index contributed by atoms with van der Waals surface area (Å²) in [6.07, 6.45) is 7.55. The van der Waals surface area contributed by atoms with Gasteiger partial charge >= 0.3 is 6.03 Å². The van der Waals surface area contributed by atoms with Crippen molar-refractivity contribution in [1.29, 1.82) is 0 Å². The highest BCUT2D eigenvalue weighted by molar-refractivity contribution is 5.89. The molecule has 2 saturated carbocycles. The summed E-state index contributed by atoms with van der Waals surface area (Å²) in [4.78, 5) is 43.2. The second kappa shape index (κ2) is 9.45. The molecular weight excluding hydrogens is 416 g/mol. The molecule has 1 aromatic carbocycles. The Hall–Kier alpha value is -2.41. The zero-order valence-electron chi connectivity index (χ0n) is 20.1. The van der Waals surface area contributed by atoms with Crippen LogP contribution in [0.2, 0.25) is 0 Å². The maximum Gasteiger partial charge on any atom is 0.321 e. The molecule has 0 aromatic heterocycles. The van der Waals surface area contributed by atoms with E-state index in [1.54, 1.807) is 4.90 Å². The second-order valence-electron chi connectivity index (χ2n) is 10.6. The number of benzene rings is 1. The topological polar surface area (TPSA) is 87.0 Å². The Morgan fingerprint density at radius 2 is 1.73 bits per heavy atom. The van der Waals surface area contributed by atoms with E-state index < -0.39 is 5.91 Å². The summed E-state index contributed by atoms with van der Waals surface area (Å²) in [6, 6.07) is 10.7. The van der Waals surface area contributed by atoms with Gasteiger partial charge < -0.3 is 15.5 Å². The monoisotopic (exact) mass is 454 g/mol. The number of carbonyl (C=O) groups excluding carboxylic acids is 3. The van der Waals surface area contributed by atoms with Gasteiger partial charge in [0.15, 0.2) is 5.78 Å². The van der Waals surface area contributed by atoms with Crippen LogP contribution in [0.25, 0.3) is 0 Å². The number of hydrogen-bond donors (Lipinski definition) is 1. The standard InChI is InChI=1S/C26H38N4O3/c1-28(2)26(21-9-4-3-5-10-21)15-13-25(14-16-26)19-29(18-22(31)11-12-23(27)32)24(33)30(25)17-20-7-6-8-20/h3-5,9-10,20H,6-8,11-19H2,1-2H3,(H2,27,32). The molecule has 33 heavy (non-hydrogen) atoms. The number of nitrogens with two attached hydrogens (primary N) is 1. The minimum Gasteiger partial charge on any atom is -0.370 e. The van der Waals surface area contributed by atoms with Gasteiger partial charge in [-0.05, 0) is 64.1 Å². The molecule has 0 atom stereocenters. The summed E-state index contributed by atoms with van der Waals surface area (Å²) in [5.41, 5.74) is 6.28. The van der Waals surface area contributed by atoms with Crippen molar-refractivity contribution in [2.24, 2.45) is 11.7 Å². The Balaban J connectivity index is 1.53. The highest BCUT2D eigenvalue weighted by Gasteiger charge is 2.55. The van der Waals surface area contributed by atoms with Crippen molar-refractivity contribution in [2.45, 2.75) is 68.9 Å². The molecule has 1 spiro atoms. The van der Waals surface area contributed by atoms with Gasteiger partial charge in [-0.1, -0.05) is 36.8 Å². The molecule has 3 amide bonds. The number of primary amides is 1. The molecule has 7 heteroatoms. The van der Waals surface area contributed by atoms with E-state index >= 15 is 0 Å². The molecule has 3 aliphatic rings. The minimum atomic E-state index is -0.479. The average Bonchev–Trinajstić information content (AvgIpc) is 3.01. The molecule has 0 unspecified atom stereocenters. The van der Waals surface area contributed by atoms with Crippen molar-refractivity contribution in [2.75, 3.05) is 33.7 Å². The van der Waals surface area contributed by atoms with E-state index in [1.807, 2.05) is 0 Å². The third kappa shape index (κ3) is 4.65. The van der Waals surface area contributed by atoms with Crippen LogP contribution in [-0.2, 0) is 15.1 Å². The fourth-order valence-electron chi connectivity index (χ4n) is 6.06. The SMILES string of the molecule is CN(C)C1(c2ccccc2)CCC2(CC1)CN(CC(=O)CCC(N)=O)C(=O)N2CC1CCC1. The number of ketones is 1. The van der Waals surface area contributed by atoms with Gasteiger partial charge in [-0.2, -0.15) is 0 Å².